The molecule has 1 aliphatic heterocycles. The van der Waals surface area contributed by atoms with E-state index in [1.807, 2.05) is 13.0 Å². The minimum absolute atomic E-state index is 0.0297. The van der Waals surface area contributed by atoms with Crippen molar-refractivity contribution in [1.82, 2.24) is 4.90 Å². The van der Waals surface area contributed by atoms with Crippen LogP contribution in [-0.2, 0) is 6.42 Å². The molecule has 2 aromatic rings. The average molecular weight is 403 g/mol. The predicted octanol–water partition coefficient (Wildman–Crippen LogP) is 3.40. The number of benzene rings is 2. The number of phenols is 2. The highest BCUT2D eigenvalue weighted by Gasteiger charge is 2.31. The Morgan fingerprint density at radius 3 is 2.64 bits per heavy atom. The summed E-state index contributed by atoms with van der Waals surface area (Å²) >= 11 is 5.90. The molecule has 0 bridgehead atoms. The first kappa shape index (κ1) is 20.0. The predicted molar refractivity (Wildman–Crippen MR) is 107 cm³/mol. The van der Waals surface area contributed by atoms with Crippen molar-refractivity contribution in [3.8, 4) is 11.5 Å². The van der Waals surface area contributed by atoms with Crippen molar-refractivity contribution in [1.29, 1.82) is 0 Å². The zero-order chi connectivity index (χ0) is 20.4. The van der Waals surface area contributed by atoms with E-state index < -0.39 is 5.91 Å². The van der Waals surface area contributed by atoms with Gasteiger partial charge in [-0.3, -0.25) is 9.59 Å². The molecule has 1 aliphatic rings. The van der Waals surface area contributed by atoms with Crippen LogP contribution in [0.15, 0.2) is 30.3 Å². The molecule has 6 nitrogen and oxygen atoms in total. The van der Waals surface area contributed by atoms with Gasteiger partial charge < -0.3 is 20.8 Å². The van der Waals surface area contributed by atoms with E-state index in [9.17, 15) is 19.8 Å². The number of nitrogens with zero attached hydrogens (tertiary/aromatic N) is 1. The summed E-state index contributed by atoms with van der Waals surface area (Å²) in [5, 5.41) is 19.6. The Kier molecular flexibility index (Phi) is 5.79. The molecule has 7 heteroatoms. The van der Waals surface area contributed by atoms with Crippen LogP contribution in [0.5, 0.6) is 11.5 Å². The minimum Gasteiger partial charge on any atom is -0.507 e. The number of aromatic hydroxyl groups is 2. The van der Waals surface area contributed by atoms with Crippen LogP contribution in [0.1, 0.15) is 51.1 Å². The molecule has 4 N–H and O–H groups in total. The molecule has 28 heavy (non-hydrogen) atoms. The lowest BCUT2D eigenvalue weighted by molar-refractivity contribution is 0.0727. The van der Waals surface area contributed by atoms with Crippen LogP contribution >= 0.6 is 11.6 Å². The molecule has 3 rings (SSSR count). The lowest BCUT2D eigenvalue weighted by atomic mass is 9.97. The van der Waals surface area contributed by atoms with Crippen LogP contribution in [0.3, 0.4) is 0 Å². The van der Waals surface area contributed by atoms with Crippen molar-refractivity contribution in [3.05, 3.63) is 57.6 Å². The van der Waals surface area contributed by atoms with Gasteiger partial charge in [0.25, 0.3) is 5.91 Å². The molecule has 0 aliphatic carbocycles. The summed E-state index contributed by atoms with van der Waals surface area (Å²) in [6.45, 7) is 2.55. The molecule has 1 atom stereocenters. The summed E-state index contributed by atoms with van der Waals surface area (Å²) in [6.07, 6.45) is 3.32. The Bertz CT molecular complexity index is 929. The second kappa shape index (κ2) is 8.10. The van der Waals surface area contributed by atoms with Crippen molar-refractivity contribution in [2.75, 3.05) is 6.54 Å². The Morgan fingerprint density at radius 1 is 1.21 bits per heavy atom. The summed E-state index contributed by atoms with van der Waals surface area (Å²) in [7, 11) is 0. The number of amides is 2. The van der Waals surface area contributed by atoms with Crippen LogP contribution in [0.2, 0.25) is 5.02 Å². The van der Waals surface area contributed by atoms with E-state index in [0.29, 0.717) is 12.1 Å². The van der Waals surface area contributed by atoms with Crippen LogP contribution < -0.4 is 5.73 Å². The third kappa shape index (κ3) is 4.07. The SMILES string of the molecule is Cc1cc(C(N)=O)ccc1CCC1CCCN1C(=O)c1cc(Cl)c(O)cc1O. The quantitative estimate of drug-likeness (QED) is 0.712. The fourth-order valence-corrected chi connectivity index (χ4v) is 3.90. The topological polar surface area (TPSA) is 104 Å². The molecule has 148 valence electrons. The maximum absolute atomic E-state index is 12.9. The average Bonchev–Trinajstić information content (AvgIpc) is 3.11. The Balaban J connectivity index is 1.72. The molecule has 1 saturated heterocycles. The number of hydrogen-bond acceptors (Lipinski definition) is 4. The largest absolute Gasteiger partial charge is 0.507 e. The molecule has 1 unspecified atom stereocenters. The maximum Gasteiger partial charge on any atom is 0.257 e. The van der Waals surface area contributed by atoms with Crippen molar-refractivity contribution in [2.24, 2.45) is 5.73 Å². The molecular formula is C21H23ClN2O4. The number of primary amides is 1. The van der Waals surface area contributed by atoms with Gasteiger partial charge in [-0.2, -0.15) is 0 Å². The van der Waals surface area contributed by atoms with Gasteiger partial charge in [0.15, 0.2) is 0 Å². The summed E-state index contributed by atoms with van der Waals surface area (Å²) in [4.78, 5) is 26.0. The van der Waals surface area contributed by atoms with Crippen LogP contribution in [0.4, 0.5) is 0 Å². The molecule has 1 heterocycles. The van der Waals surface area contributed by atoms with E-state index in [1.165, 1.54) is 6.07 Å². The molecule has 1 fully saturated rings. The molecular weight excluding hydrogens is 380 g/mol. The highest BCUT2D eigenvalue weighted by Crippen LogP contribution is 2.33. The minimum atomic E-state index is -0.449. The smallest absolute Gasteiger partial charge is 0.257 e. The first-order valence-electron chi connectivity index (χ1n) is 9.19. The Morgan fingerprint density at radius 2 is 1.96 bits per heavy atom. The molecule has 0 saturated carbocycles. The highest BCUT2D eigenvalue weighted by atomic mass is 35.5. The van der Waals surface area contributed by atoms with Crippen molar-refractivity contribution >= 4 is 23.4 Å². The number of rotatable bonds is 5. The van der Waals surface area contributed by atoms with E-state index in [-0.39, 0.29) is 34.0 Å². The normalized spacial score (nSPS) is 16.4. The van der Waals surface area contributed by atoms with Gasteiger partial charge in [-0.05, 0) is 61.9 Å². The van der Waals surface area contributed by atoms with E-state index in [1.54, 1.807) is 17.0 Å². The standard InChI is InChI=1S/C21H23ClN2O4/c1-12-9-14(20(23)27)5-4-13(12)6-7-15-3-2-8-24(15)21(28)16-10-17(22)19(26)11-18(16)25/h4-5,9-11,15,25-26H,2-3,6-8H2,1H3,(H2,23,27). The molecule has 0 radical (unpaired) electrons. The monoisotopic (exact) mass is 402 g/mol. The zero-order valence-electron chi connectivity index (χ0n) is 15.6. The number of likely N-dealkylation sites (tertiary alicyclic amines) is 1. The number of carbonyl (C=O) groups is 2. The van der Waals surface area contributed by atoms with E-state index >= 15 is 0 Å². The number of hydrogen-bond donors (Lipinski definition) is 3. The Hall–Kier alpha value is -2.73. The highest BCUT2D eigenvalue weighted by molar-refractivity contribution is 6.32. The summed E-state index contributed by atoms with van der Waals surface area (Å²) in [6, 6.07) is 7.85. The van der Waals surface area contributed by atoms with Gasteiger partial charge in [-0.15, -0.1) is 0 Å². The maximum atomic E-state index is 12.9. The van der Waals surface area contributed by atoms with Gasteiger partial charge in [-0.1, -0.05) is 17.7 Å². The first-order chi connectivity index (χ1) is 13.3. The van der Waals surface area contributed by atoms with Crippen LogP contribution in [0.25, 0.3) is 0 Å². The van der Waals surface area contributed by atoms with Gasteiger partial charge in [0.05, 0.1) is 10.6 Å². The lowest BCUT2D eigenvalue weighted by Crippen LogP contribution is -2.35. The van der Waals surface area contributed by atoms with Crippen LogP contribution in [0, 0.1) is 6.92 Å². The summed E-state index contributed by atoms with van der Waals surface area (Å²) in [5.74, 6) is -1.28. The lowest BCUT2D eigenvalue weighted by Gasteiger charge is -2.25. The molecule has 2 aromatic carbocycles. The third-order valence-corrected chi connectivity index (χ3v) is 5.61. The fraction of sp³-hybridized carbons (Fsp3) is 0.333. The third-order valence-electron chi connectivity index (χ3n) is 5.31. The van der Waals surface area contributed by atoms with E-state index in [0.717, 1.165) is 42.9 Å². The molecule has 0 aromatic heterocycles. The molecule has 2 amide bonds. The van der Waals surface area contributed by atoms with Crippen LogP contribution in [-0.4, -0.2) is 39.5 Å². The Labute approximate surface area is 168 Å². The number of nitrogens with two attached hydrogens (primary N) is 1. The number of halogens is 1. The second-order valence-electron chi connectivity index (χ2n) is 7.16. The van der Waals surface area contributed by atoms with Crippen molar-refractivity contribution in [2.45, 2.75) is 38.6 Å². The summed E-state index contributed by atoms with van der Waals surface area (Å²) in [5.41, 5.74) is 8.00. The number of carbonyl (C=O) groups excluding carboxylic acids is 2. The van der Waals surface area contributed by atoms with Gasteiger partial charge in [0.1, 0.15) is 11.5 Å². The van der Waals surface area contributed by atoms with Gasteiger partial charge >= 0.3 is 0 Å². The van der Waals surface area contributed by atoms with E-state index in [2.05, 4.69) is 0 Å². The molecule has 0 spiro atoms. The summed E-state index contributed by atoms with van der Waals surface area (Å²) < 4.78 is 0. The van der Waals surface area contributed by atoms with Crippen molar-refractivity contribution < 1.29 is 19.8 Å². The van der Waals surface area contributed by atoms with Crippen molar-refractivity contribution in [3.63, 3.8) is 0 Å². The van der Waals surface area contributed by atoms with Gasteiger partial charge in [0, 0.05) is 24.2 Å². The van der Waals surface area contributed by atoms with Gasteiger partial charge in [-0.25, -0.2) is 0 Å². The number of phenolic OH excluding ortho intramolecular Hbond substituents is 2. The zero-order valence-corrected chi connectivity index (χ0v) is 16.4. The van der Waals surface area contributed by atoms with Gasteiger partial charge in [0.2, 0.25) is 5.91 Å². The fourth-order valence-electron chi connectivity index (χ4n) is 3.73. The van der Waals surface area contributed by atoms with E-state index in [4.69, 9.17) is 17.3 Å². The number of aryl methyl sites for hydroxylation is 2. The second-order valence-corrected chi connectivity index (χ2v) is 7.57. The first-order valence-corrected chi connectivity index (χ1v) is 9.57.